The van der Waals surface area contributed by atoms with Gasteiger partial charge in [-0.05, 0) is 26.3 Å². The normalized spacial score (nSPS) is 39.8. The Morgan fingerprint density at radius 3 is 2.71 bits per heavy atom. The number of carbonyl (C=O) groups is 1. The summed E-state index contributed by atoms with van der Waals surface area (Å²) in [5.74, 6) is 0.955. The molecule has 14 heavy (non-hydrogen) atoms. The molecule has 0 spiro atoms. The van der Waals surface area contributed by atoms with Crippen molar-refractivity contribution in [2.45, 2.75) is 38.8 Å². The third-order valence-electron chi connectivity index (χ3n) is 3.76. The maximum atomic E-state index is 11.7. The highest BCUT2D eigenvalue weighted by Gasteiger charge is 2.39. The lowest BCUT2D eigenvalue weighted by Gasteiger charge is -2.30. The molecule has 0 bridgehead atoms. The Kier molecular flexibility index (Phi) is 2.52. The van der Waals surface area contributed by atoms with Gasteiger partial charge in [-0.3, -0.25) is 4.79 Å². The summed E-state index contributed by atoms with van der Waals surface area (Å²) in [5.41, 5.74) is 0. The molecule has 2 aliphatic heterocycles. The predicted molar refractivity (Wildman–Crippen MR) is 56.0 cm³/mol. The molecule has 1 amide bonds. The Balaban J connectivity index is 2.21. The zero-order chi connectivity index (χ0) is 10.3. The van der Waals surface area contributed by atoms with E-state index in [-0.39, 0.29) is 0 Å². The minimum atomic E-state index is 0.365. The molecule has 1 unspecified atom stereocenters. The van der Waals surface area contributed by atoms with Gasteiger partial charge in [-0.1, -0.05) is 6.92 Å². The molecule has 3 atom stereocenters. The topological polar surface area (TPSA) is 23.6 Å². The first-order valence-corrected chi connectivity index (χ1v) is 5.59. The van der Waals surface area contributed by atoms with Crippen molar-refractivity contribution in [3.63, 3.8) is 0 Å². The highest BCUT2D eigenvalue weighted by molar-refractivity contribution is 5.79. The van der Waals surface area contributed by atoms with E-state index >= 15 is 0 Å². The summed E-state index contributed by atoms with van der Waals surface area (Å²) in [4.78, 5) is 16.2. The molecule has 2 fully saturated rings. The van der Waals surface area contributed by atoms with Gasteiger partial charge in [-0.25, -0.2) is 0 Å². The Morgan fingerprint density at radius 1 is 1.29 bits per heavy atom. The Bertz CT molecular complexity index is 239. The van der Waals surface area contributed by atoms with E-state index in [2.05, 4.69) is 30.7 Å². The maximum Gasteiger partial charge on any atom is 0.223 e. The van der Waals surface area contributed by atoms with Crippen LogP contribution in [0, 0.1) is 5.92 Å². The molecule has 2 aliphatic rings. The van der Waals surface area contributed by atoms with Gasteiger partial charge in [0, 0.05) is 31.6 Å². The average molecular weight is 196 g/mol. The summed E-state index contributed by atoms with van der Waals surface area (Å²) in [7, 11) is 2.16. The number of hydrogen-bond acceptors (Lipinski definition) is 2. The Labute approximate surface area is 86.1 Å². The number of hydrogen-bond donors (Lipinski definition) is 0. The quantitative estimate of drug-likeness (QED) is 0.576. The molecule has 80 valence electrons. The summed E-state index contributed by atoms with van der Waals surface area (Å²) < 4.78 is 0. The SMILES string of the molecule is C[C@@H]1CN(C)CC2CCC(=O)N2[C@@H]1C. The molecule has 2 saturated heterocycles. The number of rotatable bonds is 0. The van der Waals surface area contributed by atoms with E-state index in [0.29, 0.717) is 23.9 Å². The van der Waals surface area contributed by atoms with Gasteiger partial charge in [-0.2, -0.15) is 0 Å². The van der Waals surface area contributed by atoms with Crippen molar-refractivity contribution in [3.05, 3.63) is 0 Å². The molecular formula is C11H20N2O. The van der Waals surface area contributed by atoms with Gasteiger partial charge in [-0.15, -0.1) is 0 Å². The second kappa shape index (κ2) is 3.54. The Hall–Kier alpha value is -0.570. The van der Waals surface area contributed by atoms with E-state index in [1.54, 1.807) is 0 Å². The molecule has 0 aromatic carbocycles. The van der Waals surface area contributed by atoms with Gasteiger partial charge in [0.1, 0.15) is 0 Å². The molecule has 3 nitrogen and oxygen atoms in total. The van der Waals surface area contributed by atoms with Gasteiger partial charge in [0.15, 0.2) is 0 Å². The number of amides is 1. The van der Waals surface area contributed by atoms with Crippen LogP contribution in [0.3, 0.4) is 0 Å². The van der Waals surface area contributed by atoms with Crippen LogP contribution in [0.25, 0.3) is 0 Å². The minimum Gasteiger partial charge on any atom is -0.335 e. The molecule has 0 aromatic heterocycles. The van der Waals surface area contributed by atoms with Crippen molar-refractivity contribution in [1.82, 2.24) is 9.80 Å². The van der Waals surface area contributed by atoms with Crippen LogP contribution in [0.4, 0.5) is 0 Å². The molecule has 3 heteroatoms. The van der Waals surface area contributed by atoms with Crippen molar-refractivity contribution in [3.8, 4) is 0 Å². The van der Waals surface area contributed by atoms with E-state index in [1.165, 1.54) is 0 Å². The summed E-state index contributed by atoms with van der Waals surface area (Å²) in [6, 6.07) is 0.896. The highest BCUT2D eigenvalue weighted by Crippen LogP contribution is 2.28. The zero-order valence-corrected chi connectivity index (χ0v) is 9.36. The molecule has 0 aromatic rings. The molecule has 2 heterocycles. The van der Waals surface area contributed by atoms with Gasteiger partial charge >= 0.3 is 0 Å². The van der Waals surface area contributed by atoms with E-state index in [4.69, 9.17) is 0 Å². The molecule has 0 N–H and O–H groups in total. The van der Waals surface area contributed by atoms with Crippen molar-refractivity contribution >= 4 is 5.91 Å². The average Bonchev–Trinajstić information content (AvgIpc) is 2.40. The molecule has 0 saturated carbocycles. The summed E-state index contributed by atoms with van der Waals surface area (Å²) in [5, 5.41) is 0. The fraction of sp³-hybridized carbons (Fsp3) is 0.909. The largest absolute Gasteiger partial charge is 0.335 e. The van der Waals surface area contributed by atoms with Crippen molar-refractivity contribution in [2.75, 3.05) is 20.1 Å². The van der Waals surface area contributed by atoms with Crippen LogP contribution < -0.4 is 0 Å². The zero-order valence-electron chi connectivity index (χ0n) is 9.36. The van der Waals surface area contributed by atoms with Gasteiger partial charge in [0.05, 0.1) is 0 Å². The van der Waals surface area contributed by atoms with Crippen LogP contribution >= 0.6 is 0 Å². The highest BCUT2D eigenvalue weighted by atomic mass is 16.2. The third kappa shape index (κ3) is 1.54. The second-order valence-corrected chi connectivity index (χ2v) is 4.93. The number of nitrogens with zero attached hydrogens (tertiary/aromatic N) is 2. The van der Waals surface area contributed by atoms with E-state index in [0.717, 1.165) is 25.9 Å². The standard InChI is InChI=1S/C11H20N2O/c1-8-6-12(3)7-10-4-5-11(14)13(10)9(8)2/h8-10H,4-7H2,1-3H3/t8-,9-,10?/m1/s1. The third-order valence-corrected chi connectivity index (χ3v) is 3.76. The number of fused-ring (bicyclic) bond motifs is 1. The van der Waals surface area contributed by atoms with Gasteiger partial charge in [0.2, 0.25) is 5.91 Å². The molecule has 0 aliphatic carbocycles. The molecule has 2 rings (SSSR count). The fourth-order valence-electron chi connectivity index (χ4n) is 2.85. The summed E-state index contributed by atoms with van der Waals surface area (Å²) in [6.07, 6.45) is 1.82. The fourth-order valence-corrected chi connectivity index (χ4v) is 2.85. The first-order valence-electron chi connectivity index (χ1n) is 5.59. The van der Waals surface area contributed by atoms with E-state index in [9.17, 15) is 4.79 Å². The summed E-state index contributed by atoms with van der Waals surface area (Å²) in [6.45, 7) is 6.61. The first-order chi connectivity index (χ1) is 6.59. The van der Waals surface area contributed by atoms with Crippen LogP contribution in [-0.2, 0) is 4.79 Å². The van der Waals surface area contributed by atoms with Crippen LogP contribution in [0.2, 0.25) is 0 Å². The summed E-state index contributed by atoms with van der Waals surface area (Å²) >= 11 is 0. The van der Waals surface area contributed by atoms with Crippen molar-refractivity contribution < 1.29 is 4.79 Å². The number of carbonyl (C=O) groups excluding carboxylic acids is 1. The van der Waals surface area contributed by atoms with E-state index < -0.39 is 0 Å². The van der Waals surface area contributed by atoms with Crippen molar-refractivity contribution in [1.29, 1.82) is 0 Å². The lowest BCUT2D eigenvalue weighted by atomic mass is 10.0. The monoisotopic (exact) mass is 196 g/mol. The lowest BCUT2D eigenvalue weighted by molar-refractivity contribution is -0.131. The smallest absolute Gasteiger partial charge is 0.223 e. The van der Waals surface area contributed by atoms with Crippen LogP contribution in [-0.4, -0.2) is 47.9 Å². The predicted octanol–water partition coefficient (Wildman–Crippen LogP) is 0.947. The maximum absolute atomic E-state index is 11.7. The second-order valence-electron chi connectivity index (χ2n) is 4.93. The molecular weight excluding hydrogens is 176 g/mol. The molecule has 0 radical (unpaired) electrons. The van der Waals surface area contributed by atoms with Crippen LogP contribution in [0.15, 0.2) is 0 Å². The first kappa shape index (κ1) is 9.97. The van der Waals surface area contributed by atoms with Crippen LogP contribution in [0.5, 0.6) is 0 Å². The van der Waals surface area contributed by atoms with Crippen LogP contribution in [0.1, 0.15) is 26.7 Å². The van der Waals surface area contributed by atoms with Gasteiger partial charge in [0.25, 0.3) is 0 Å². The van der Waals surface area contributed by atoms with E-state index in [1.807, 2.05) is 0 Å². The lowest BCUT2D eigenvalue weighted by Crippen LogP contribution is -2.43. The van der Waals surface area contributed by atoms with Gasteiger partial charge < -0.3 is 9.80 Å². The van der Waals surface area contributed by atoms with Crippen molar-refractivity contribution in [2.24, 2.45) is 5.92 Å². The minimum absolute atomic E-state index is 0.365. The Morgan fingerprint density at radius 2 is 2.00 bits per heavy atom. The number of likely N-dealkylation sites (N-methyl/N-ethyl adjacent to an activating group) is 1.